The van der Waals surface area contributed by atoms with Crippen LogP contribution < -0.4 is 14.7 Å². The molecular formula is C14H13BF3OSe-. The predicted molar refractivity (Wildman–Crippen MR) is 77.2 cm³/mol. The summed E-state index contributed by atoms with van der Waals surface area (Å²) >= 11 is 0.131. The summed E-state index contributed by atoms with van der Waals surface area (Å²) in [6.07, 6.45) is 0. The van der Waals surface area contributed by atoms with Crippen LogP contribution in [0.15, 0.2) is 48.5 Å². The van der Waals surface area contributed by atoms with E-state index in [0.717, 1.165) is 21.1 Å². The van der Waals surface area contributed by atoms with Gasteiger partial charge in [-0.2, -0.15) is 0 Å². The van der Waals surface area contributed by atoms with Crippen LogP contribution in [0.25, 0.3) is 0 Å². The van der Waals surface area contributed by atoms with E-state index in [1.165, 1.54) is 12.1 Å². The predicted octanol–water partition coefficient (Wildman–Crippen LogP) is 2.28. The van der Waals surface area contributed by atoms with Crippen molar-refractivity contribution in [1.29, 1.82) is 0 Å². The van der Waals surface area contributed by atoms with Gasteiger partial charge in [-0.05, 0) is 0 Å². The number of halogens is 3. The maximum atomic E-state index is 12.5. The first-order valence-electron chi connectivity index (χ1n) is 6.04. The molecule has 0 aromatic heterocycles. The van der Waals surface area contributed by atoms with Crippen LogP contribution in [0.2, 0.25) is 0 Å². The molecule has 106 valence electrons. The minimum absolute atomic E-state index is 0.131. The Kier molecular flexibility index (Phi) is 4.79. The Labute approximate surface area is 122 Å². The summed E-state index contributed by atoms with van der Waals surface area (Å²) in [5.74, 6) is 0.804. The molecule has 0 aliphatic carbocycles. The van der Waals surface area contributed by atoms with Crippen LogP contribution in [0, 0.1) is 0 Å². The standard InChI is InChI=1S/C14H13BF3OSe/c1-19-13-6-2-11(3-7-13)10-20-14-8-4-12(5-9-14)15(16,17)18/h2-9H,10H2,1H3/q-1. The Morgan fingerprint density at radius 1 is 0.950 bits per heavy atom. The molecule has 0 bridgehead atoms. The first-order chi connectivity index (χ1) is 9.49. The number of ether oxygens (including phenoxy) is 1. The van der Waals surface area contributed by atoms with Crippen LogP contribution in [0.1, 0.15) is 5.56 Å². The van der Waals surface area contributed by atoms with Gasteiger partial charge in [0.2, 0.25) is 0 Å². The molecule has 0 aliphatic heterocycles. The van der Waals surface area contributed by atoms with Gasteiger partial charge in [-0.3, -0.25) is 0 Å². The second kappa shape index (κ2) is 6.38. The van der Waals surface area contributed by atoms with Crippen molar-refractivity contribution in [1.82, 2.24) is 0 Å². The Morgan fingerprint density at radius 2 is 1.55 bits per heavy atom. The van der Waals surface area contributed by atoms with E-state index >= 15 is 0 Å². The summed E-state index contributed by atoms with van der Waals surface area (Å²) in [4.78, 5) is 0. The molecule has 0 saturated heterocycles. The Morgan fingerprint density at radius 3 is 2.05 bits per heavy atom. The van der Waals surface area contributed by atoms with Crippen molar-refractivity contribution in [2.45, 2.75) is 5.32 Å². The van der Waals surface area contributed by atoms with E-state index in [1.807, 2.05) is 24.3 Å². The molecule has 0 fully saturated rings. The molecule has 2 aromatic carbocycles. The number of hydrogen-bond donors (Lipinski definition) is 0. The zero-order valence-corrected chi connectivity index (χ0v) is 12.6. The Bertz CT molecular complexity index is 552. The number of benzene rings is 2. The molecule has 0 N–H and O–H groups in total. The monoisotopic (exact) mass is 345 g/mol. The van der Waals surface area contributed by atoms with E-state index in [1.54, 1.807) is 19.2 Å². The molecule has 0 unspecified atom stereocenters. The van der Waals surface area contributed by atoms with Crippen LogP contribution in [-0.2, 0) is 5.32 Å². The van der Waals surface area contributed by atoms with Gasteiger partial charge in [-0.1, -0.05) is 0 Å². The molecule has 0 amide bonds. The third kappa shape index (κ3) is 4.05. The van der Waals surface area contributed by atoms with Gasteiger partial charge in [-0.25, -0.2) is 0 Å². The quantitative estimate of drug-likeness (QED) is 0.757. The van der Waals surface area contributed by atoms with Gasteiger partial charge in [-0.15, -0.1) is 0 Å². The van der Waals surface area contributed by atoms with Crippen molar-refractivity contribution < 1.29 is 17.7 Å². The van der Waals surface area contributed by atoms with Gasteiger partial charge in [0.15, 0.2) is 0 Å². The zero-order chi connectivity index (χ0) is 14.6. The van der Waals surface area contributed by atoms with Crippen molar-refractivity contribution in [2.75, 3.05) is 7.11 Å². The van der Waals surface area contributed by atoms with E-state index in [0.29, 0.717) is 0 Å². The number of hydrogen-bond acceptors (Lipinski definition) is 1. The SMILES string of the molecule is COc1ccc(C[Se]c2ccc([B-](F)(F)F)cc2)cc1. The number of methoxy groups -OCH3 is 1. The summed E-state index contributed by atoms with van der Waals surface area (Å²) in [6, 6.07) is 13.2. The topological polar surface area (TPSA) is 9.23 Å². The molecule has 0 heterocycles. The molecule has 0 saturated carbocycles. The molecule has 2 rings (SSSR count). The van der Waals surface area contributed by atoms with Crippen LogP contribution in [0.5, 0.6) is 5.75 Å². The fourth-order valence-electron chi connectivity index (χ4n) is 1.67. The molecule has 6 heteroatoms. The Hall–Kier alpha value is -1.39. The van der Waals surface area contributed by atoms with Crippen molar-refractivity contribution in [3.05, 3.63) is 54.1 Å². The molecule has 0 spiro atoms. The van der Waals surface area contributed by atoms with Crippen molar-refractivity contribution >= 4 is 31.9 Å². The number of rotatable bonds is 5. The second-order valence-corrected chi connectivity index (χ2v) is 6.48. The summed E-state index contributed by atoms with van der Waals surface area (Å²) in [5.41, 5.74) is 0.629. The van der Waals surface area contributed by atoms with Crippen LogP contribution in [0.3, 0.4) is 0 Å². The zero-order valence-electron chi connectivity index (χ0n) is 10.9. The fraction of sp³-hybridized carbons (Fsp3) is 0.143. The van der Waals surface area contributed by atoms with E-state index in [9.17, 15) is 12.9 Å². The molecule has 0 aliphatic rings. The van der Waals surface area contributed by atoms with Crippen LogP contribution in [-0.4, -0.2) is 29.0 Å². The summed E-state index contributed by atoms with van der Waals surface area (Å²) < 4.78 is 43.5. The molecular weight excluding hydrogens is 331 g/mol. The van der Waals surface area contributed by atoms with Gasteiger partial charge in [0.05, 0.1) is 0 Å². The summed E-state index contributed by atoms with van der Waals surface area (Å²) in [5, 5.41) is 0.855. The average Bonchev–Trinajstić information content (AvgIpc) is 2.45. The van der Waals surface area contributed by atoms with E-state index in [4.69, 9.17) is 4.74 Å². The van der Waals surface area contributed by atoms with Gasteiger partial charge >= 0.3 is 122 Å². The molecule has 1 nitrogen and oxygen atoms in total. The Balaban J connectivity index is 1.96. The van der Waals surface area contributed by atoms with Crippen molar-refractivity contribution in [2.24, 2.45) is 0 Å². The molecule has 2 aromatic rings. The van der Waals surface area contributed by atoms with Gasteiger partial charge < -0.3 is 0 Å². The van der Waals surface area contributed by atoms with Crippen molar-refractivity contribution in [3.8, 4) is 5.75 Å². The van der Waals surface area contributed by atoms with Crippen LogP contribution >= 0.6 is 0 Å². The molecule has 0 atom stereocenters. The van der Waals surface area contributed by atoms with Crippen molar-refractivity contribution in [3.63, 3.8) is 0 Å². The van der Waals surface area contributed by atoms with E-state index < -0.39 is 12.4 Å². The summed E-state index contributed by atoms with van der Waals surface area (Å²) in [7, 11) is 1.61. The molecule has 0 radical (unpaired) electrons. The fourth-order valence-corrected chi connectivity index (χ4v) is 3.46. The average molecular weight is 344 g/mol. The third-order valence-corrected chi connectivity index (χ3v) is 5.10. The van der Waals surface area contributed by atoms with Crippen LogP contribution in [0.4, 0.5) is 12.9 Å². The maximum absolute atomic E-state index is 12.5. The van der Waals surface area contributed by atoms with Gasteiger partial charge in [0.25, 0.3) is 0 Å². The first-order valence-corrected chi connectivity index (χ1v) is 8.11. The van der Waals surface area contributed by atoms with Gasteiger partial charge in [0, 0.05) is 0 Å². The second-order valence-electron chi connectivity index (χ2n) is 4.28. The third-order valence-electron chi connectivity index (χ3n) is 2.82. The van der Waals surface area contributed by atoms with Gasteiger partial charge in [0.1, 0.15) is 0 Å². The van der Waals surface area contributed by atoms with E-state index in [-0.39, 0.29) is 15.0 Å². The van der Waals surface area contributed by atoms with E-state index in [2.05, 4.69) is 0 Å². The minimum atomic E-state index is -4.89. The molecule has 20 heavy (non-hydrogen) atoms. The normalized spacial score (nSPS) is 11.4. The summed E-state index contributed by atoms with van der Waals surface area (Å²) in [6.45, 7) is -4.89. The first kappa shape index (κ1) is 15.0.